The van der Waals surface area contributed by atoms with Crippen molar-refractivity contribution in [3.63, 3.8) is 0 Å². The van der Waals surface area contributed by atoms with Gasteiger partial charge < -0.3 is 9.47 Å². The minimum Gasteiger partial charge on any atom is -0.486 e. The fourth-order valence-corrected chi connectivity index (χ4v) is 2.42. The summed E-state index contributed by atoms with van der Waals surface area (Å²) in [6, 6.07) is 8.02. The number of carbonyl (C=O) groups is 1. The number of carbonyl (C=O) groups excluding carboxylic acids is 1. The molecule has 0 unspecified atom stereocenters. The number of aromatic nitrogens is 1. The maximum atomic E-state index is 11.2. The fraction of sp³-hybridized carbons (Fsp3) is 0.333. The molecular weight excluding hydrogens is 274 g/mol. The molecule has 4 nitrogen and oxygen atoms in total. The van der Waals surface area contributed by atoms with E-state index in [4.69, 9.17) is 4.74 Å². The van der Waals surface area contributed by atoms with Crippen LogP contribution >= 0.6 is 11.3 Å². The van der Waals surface area contributed by atoms with Crippen LogP contribution in [0.1, 0.15) is 23.2 Å². The molecule has 0 bridgehead atoms. The molecule has 0 aliphatic heterocycles. The molecule has 0 spiro atoms. The minimum atomic E-state index is -0.279. The Balaban J connectivity index is 1.92. The summed E-state index contributed by atoms with van der Waals surface area (Å²) in [6.07, 6.45) is 1.19. The largest absolute Gasteiger partial charge is 0.486 e. The molecule has 0 radical (unpaired) electrons. The van der Waals surface area contributed by atoms with Gasteiger partial charge in [-0.15, -0.1) is 11.3 Å². The monoisotopic (exact) mass is 291 g/mol. The first kappa shape index (κ1) is 14.5. The van der Waals surface area contributed by atoms with Crippen LogP contribution in [0.4, 0.5) is 0 Å². The molecule has 5 heteroatoms. The highest BCUT2D eigenvalue weighted by Crippen LogP contribution is 2.17. The lowest BCUT2D eigenvalue weighted by atomic mass is 10.2. The van der Waals surface area contributed by atoms with E-state index in [2.05, 4.69) is 22.7 Å². The molecule has 0 saturated heterocycles. The summed E-state index contributed by atoms with van der Waals surface area (Å²) in [5.74, 6) is 0.562. The highest BCUT2D eigenvalue weighted by atomic mass is 32.1. The lowest BCUT2D eigenvalue weighted by Gasteiger charge is -2.05. The van der Waals surface area contributed by atoms with Crippen LogP contribution in [0.15, 0.2) is 29.6 Å². The Hall–Kier alpha value is -1.88. The third kappa shape index (κ3) is 4.06. The Kier molecular flexibility index (Phi) is 5.12. The number of thiazole rings is 1. The van der Waals surface area contributed by atoms with E-state index in [-0.39, 0.29) is 12.4 Å². The normalized spacial score (nSPS) is 10.3. The molecule has 0 amide bonds. The summed E-state index contributed by atoms with van der Waals surface area (Å²) < 4.78 is 10.3. The third-order valence-corrected chi connectivity index (χ3v) is 3.69. The van der Waals surface area contributed by atoms with Crippen molar-refractivity contribution in [3.8, 4) is 5.75 Å². The Labute approximate surface area is 122 Å². The summed E-state index contributed by atoms with van der Waals surface area (Å²) in [5, 5.41) is 2.71. The van der Waals surface area contributed by atoms with Gasteiger partial charge in [0, 0.05) is 5.38 Å². The second-order valence-electron chi connectivity index (χ2n) is 4.28. The molecule has 106 valence electrons. The van der Waals surface area contributed by atoms with Gasteiger partial charge in [0.15, 0.2) is 0 Å². The zero-order valence-electron chi connectivity index (χ0n) is 11.6. The first-order valence-electron chi connectivity index (χ1n) is 6.43. The highest BCUT2D eigenvalue weighted by molar-refractivity contribution is 7.09. The molecule has 2 aromatic rings. The van der Waals surface area contributed by atoms with E-state index in [1.54, 1.807) is 0 Å². The average Bonchev–Trinajstić information content (AvgIpc) is 2.92. The standard InChI is InChI=1S/C15H17NO3S/c1-3-11-5-4-6-13(7-11)19-9-14-16-12(10-20-14)8-15(17)18-2/h4-7,10H,3,8-9H2,1-2H3. The van der Waals surface area contributed by atoms with Gasteiger partial charge in [-0.2, -0.15) is 0 Å². The summed E-state index contributed by atoms with van der Waals surface area (Å²) >= 11 is 1.49. The Morgan fingerprint density at radius 1 is 1.40 bits per heavy atom. The number of esters is 1. The molecule has 0 N–H and O–H groups in total. The quantitative estimate of drug-likeness (QED) is 0.768. The molecule has 0 aliphatic carbocycles. The van der Waals surface area contributed by atoms with Crippen molar-refractivity contribution in [3.05, 3.63) is 45.9 Å². The average molecular weight is 291 g/mol. The molecule has 1 aromatic carbocycles. The van der Waals surface area contributed by atoms with Gasteiger partial charge in [-0.1, -0.05) is 19.1 Å². The van der Waals surface area contributed by atoms with Gasteiger partial charge in [-0.25, -0.2) is 4.98 Å². The number of rotatable bonds is 6. The topological polar surface area (TPSA) is 48.4 Å². The molecule has 1 aromatic heterocycles. The number of nitrogens with zero attached hydrogens (tertiary/aromatic N) is 1. The van der Waals surface area contributed by atoms with Crippen molar-refractivity contribution >= 4 is 17.3 Å². The van der Waals surface area contributed by atoms with E-state index < -0.39 is 0 Å². The van der Waals surface area contributed by atoms with Gasteiger partial charge in [-0.3, -0.25) is 4.79 Å². The molecule has 0 aliphatic rings. The van der Waals surface area contributed by atoms with Gasteiger partial charge in [0.2, 0.25) is 0 Å². The van der Waals surface area contributed by atoms with Crippen LogP contribution in [0, 0.1) is 0 Å². The Morgan fingerprint density at radius 3 is 3.00 bits per heavy atom. The number of benzene rings is 1. The number of ether oxygens (including phenoxy) is 2. The lowest BCUT2D eigenvalue weighted by molar-refractivity contribution is -0.139. The summed E-state index contributed by atoms with van der Waals surface area (Å²) in [6.45, 7) is 2.53. The molecule has 2 rings (SSSR count). The van der Waals surface area contributed by atoms with Crippen LogP contribution in [0.2, 0.25) is 0 Å². The second kappa shape index (κ2) is 7.05. The van der Waals surface area contributed by atoms with Gasteiger partial charge in [0.05, 0.1) is 19.2 Å². The minimum absolute atomic E-state index is 0.207. The van der Waals surface area contributed by atoms with Crippen molar-refractivity contribution in [1.29, 1.82) is 0 Å². The second-order valence-corrected chi connectivity index (χ2v) is 5.22. The Morgan fingerprint density at radius 2 is 2.25 bits per heavy atom. The van der Waals surface area contributed by atoms with Crippen LogP contribution in [0.5, 0.6) is 5.75 Å². The first-order valence-corrected chi connectivity index (χ1v) is 7.31. The van der Waals surface area contributed by atoms with E-state index >= 15 is 0 Å². The van der Waals surface area contributed by atoms with Crippen LogP contribution in [-0.2, 0) is 29.0 Å². The van der Waals surface area contributed by atoms with Crippen LogP contribution in [0.25, 0.3) is 0 Å². The van der Waals surface area contributed by atoms with Crippen LogP contribution in [0.3, 0.4) is 0 Å². The van der Waals surface area contributed by atoms with Crippen molar-refractivity contribution in [2.75, 3.05) is 7.11 Å². The van der Waals surface area contributed by atoms with Crippen LogP contribution < -0.4 is 4.74 Å². The van der Waals surface area contributed by atoms with Crippen molar-refractivity contribution in [2.45, 2.75) is 26.4 Å². The number of methoxy groups -OCH3 is 1. The number of aryl methyl sites for hydroxylation is 1. The maximum Gasteiger partial charge on any atom is 0.311 e. The van der Waals surface area contributed by atoms with Crippen molar-refractivity contribution in [1.82, 2.24) is 4.98 Å². The van der Waals surface area contributed by atoms with Crippen molar-refractivity contribution in [2.24, 2.45) is 0 Å². The number of hydrogen-bond acceptors (Lipinski definition) is 5. The summed E-state index contributed by atoms with van der Waals surface area (Å²) in [5.41, 5.74) is 1.97. The zero-order chi connectivity index (χ0) is 14.4. The van der Waals surface area contributed by atoms with Gasteiger partial charge in [0.1, 0.15) is 17.4 Å². The van der Waals surface area contributed by atoms with Crippen molar-refractivity contribution < 1.29 is 14.3 Å². The van der Waals surface area contributed by atoms with Crippen LogP contribution in [-0.4, -0.2) is 18.1 Å². The van der Waals surface area contributed by atoms with E-state index in [9.17, 15) is 4.79 Å². The lowest BCUT2D eigenvalue weighted by Crippen LogP contribution is -2.05. The van der Waals surface area contributed by atoms with Gasteiger partial charge >= 0.3 is 5.97 Å². The SMILES string of the molecule is CCc1cccc(OCc2nc(CC(=O)OC)cs2)c1. The van der Waals surface area contributed by atoms with E-state index in [1.807, 2.05) is 23.6 Å². The molecule has 20 heavy (non-hydrogen) atoms. The highest BCUT2D eigenvalue weighted by Gasteiger charge is 2.08. The van der Waals surface area contributed by atoms with E-state index in [1.165, 1.54) is 24.0 Å². The summed E-state index contributed by atoms with van der Waals surface area (Å²) in [7, 11) is 1.37. The van der Waals surface area contributed by atoms with E-state index in [0.717, 1.165) is 22.9 Å². The molecule has 0 saturated carbocycles. The third-order valence-electron chi connectivity index (χ3n) is 2.82. The smallest absolute Gasteiger partial charge is 0.311 e. The van der Waals surface area contributed by atoms with Gasteiger partial charge in [0.25, 0.3) is 0 Å². The molecular formula is C15H17NO3S. The molecule has 1 heterocycles. The number of hydrogen-bond donors (Lipinski definition) is 0. The first-order chi connectivity index (χ1) is 9.71. The predicted octanol–water partition coefficient (Wildman–Crippen LogP) is 3.00. The predicted molar refractivity (Wildman–Crippen MR) is 78.0 cm³/mol. The Bertz CT molecular complexity index is 580. The van der Waals surface area contributed by atoms with Gasteiger partial charge in [-0.05, 0) is 24.1 Å². The molecule has 0 atom stereocenters. The molecule has 0 fully saturated rings. The zero-order valence-corrected chi connectivity index (χ0v) is 12.4. The van der Waals surface area contributed by atoms with E-state index in [0.29, 0.717) is 6.61 Å². The maximum absolute atomic E-state index is 11.2. The summed E-state index contributed by atoms with van der Waals surface area (Å²) in [4.78, 5) is 15.5. The fourth-order valence-electron chi connectivity index (χ4n) is 1.72.